The molecule has 0 aliphatic heterocycles. The van der Waals surface area contributed by atoms with Crippen molar-refractivity contribution in [3.63, 3.8) is 0 Å². The molecule has 8 atom stereocenters. The Balaban J connectivity index is 5.02. The average Bonchev–Trinajstić information content (AvgIpc) is 2.88. The molecule has 0 fully saturated rings. The third-order valence-corrected chi connectivity index (χ3v) is 11.4. The van der Waals surface area contributed by atoms with E-state index in [1.165, 1.54) is 103 Å². The van der Waals surface area contributed by atoms with Crippen LogP contribution >= 0.6 is 0 Å². The summed E-state index contributed by atoms with van der Waals surface area (Å²) in [6, 6.07) is 0. The molecule has 0 radical (unpaired) electrons. The van der Waals surface area contributed by atoms with Crippen molar-refractivity contribution in [3.05, 3.63) is 0 Å². The normalized spacial score (nSPS) is 18.6. The van der Waals surface area contributed by atoms with E-state index in [-0.39, 0.29) is 0 Å². The summed E-state index contributed by atoms with van der Waals surface area (Å²) >= 11 is 0. The molecule has 290 valence electrons. The molecule has 0 rings (SSSR count). The molecule has 0 aromatic carbocycles. The molecule has 0 saturated heterocycles. The summed E-state index contributed by atoms with van der Waals surface area (Å²) < 4.78 is 0. The molecular formula is C46H96N2. The molecule has 0 bridgehead atoms. The minimum absolute atomic E-state index is 0.392. The molecule has 0 amide bonds. The van der Waals surface area contributed by atoms with Crippen LogP contribution in [0.5, 0.6) is 0 Å². The van der Waals surface area contributed by atoms with E-state index in [0.29, 0.717) is 33.5 Å². The molecule has 4 N–H and O–H groups in total. The van der Waals surface area contributed by atoms with Gasteiger partial charge in [0.15, 0.2) is 0 Å². The minimum atomic E-state index is 0.392. The summed E-state index contributed by atoms with van der Waals surface area (Å²) in [5.74, 6) is 6.10. The SMILES string of the molecule is CC(CCC(CC(CN)CCCCCCC(CN)CC(CCC(C)CC(C)(C)C)C(C)CC(C)(C)C)C(C)CC(C)(C)C)CC(C)(C)C. The highest BCUT2D eigenvalue weighted by molar-refractivity contribution is 4.80. The Morgan fingerprint density at radius 1 is 0.375 bits per heavy atom. The molecule has 0 aliphatic carbocycles. The lowest BCUT2D eigenvalue weighted by Crippen LogP contribution is -2.25. The smallest absolute Gasteiger partial charge is 0.00488 e. The maximum absolute atomic E-state index is 6.45. The third-order valence-electron chi connectivity index (χ3n) is 11.4. The fourth-order valence-electron chi connectivity index (χ4n) is 9.57. The van der Waals surface area contributed by atoms with Gasteiger partial charge in [-0.15, -0.1) is 0 Å². The van der Waals surface area contributed by atoms with Gasteiger partial charge in [0, 0.05) is 0 Å². The number of unbranched alkanes of at least 4 members (excludes halogenated alkanes) is 3. The van der Waals surface area contributed by atoms with Gasteiger partial charge in [0.2, 0.25) is 0 Å². The van der Waals surface area contributed by atoms with Crippen molar-refractivity contribution in [2.45, 2.75) is 214 Å². The molecule has 0 spiro atoms. The first-order valence-electron chi connectivity index (χ1n) is 21.2. The second kappa shape index (κ2) is 22.8. The van der Waals surface area contributed by atoms with E-state index in [4.69, 9.17) is 11.5 Å². The van der Waals surface area contributed by atoms with E-state index in [1.54, 1.807) is 0 Å². The molecule has 48 heavy (non-hydrogen) atoms. The van der Waals surface area contributed by atoms with Crippen LogP contribution in [0.15, 0.2) is 0 Å². The Hall–Kier alpha value is -0.0800. The summed E-state index contributed by atoms with van der Waals surface area (Å²) in [5.41, 5.74) is 14.5. The van der Waals surface area contributed by atoms with E-state index >= 15 is 0 Å². The lowest BCUT2D eigenvalue weighted by atomic mass is 9.73. The fraction of sp³-hybridized carbons (Fsp3) is 1.00. The van der Waals surface area contributed by atoms with Crippen LogP contribution in [-0.2, 0) is 0 Å². The van der Waals surface area contributed by atoms with Crippen LogP contribution in [0.3, 0.4) is 0 Å². The average molecular weight is 677 g/mol. The molecule has 2 heteroatoms. The van der Waals surface area contributed by atoms with Gasteiger partial charge in [0.25, 0.3) is 0 Å². The van der Waals surface area contributed by atoms with Crippen molar-refractivity contribution in [2.24, 2.45) is 80.5 Å². The highest BCUT2D eigenvalue weighted by Crippen LogP contribution is 2.39. The van der Waals surface area contributed by atoms with Gasteiger partial charge in [-0.1, -0.05) is 149 Å². The van der Waals surface area contributed by atoms with Gasteiger partial charge in [-0.25, -0.2) is 0 Å². The Morgan fingerprint density at radius 3 is 0.917 bits per heavy atom. The third kappa shape index (κ3) is 26.7. The van der Waals surface area contributed by atoms with Crippen LogP contribution in [0.25, 0.3) is 0 Å². The Labute approximate surface area is 306 Å². The Kier molecular flexibility index (Phi) is 22.7. The van der Waals surface area contributed by atoms with Crippen LogP contribution in [0.4, 0.5) is 0 Å². The molecule has 0 saturated carbocycles. The van der Waals surface area contributed by atoms with Crippen LogP contribution in [-0.4, -0.2) is 13.1 Å². The van der Waals surface area contributed by atoms with Crippen molar-refractivity contribution >= 4 is 0 Å². The summed E-state index contributed by atoms with van der Waals surface area (Å²) in [5, 5.41) is 0. The van der Waals surface area contributed by atoms with Gasteiger partial charge in [-0.3, -0.25) is 0 Å². The standard InChI is InChI=1S/C46H96N2/c1-35(29-43(5,6)7)23-25-41(37(3)31-45(11,12)13)27-39(33-47)21-19-17-18-20-22-40(34-48)28-42(38(4)32-46(14,15)16)26-24-36(2)30-44(8,9)10/h35-42H,17-34,47-48H2,1-16H3. The first-order chi connectivity index (χ1) is 21.8. The van der Waals surface area contributed by atoms with Crippen molar-refractivity contribution in [1.29, 1.82) is 0 Å². The quantitative estimate of drug-likeness (QED) is 0.0946. The number of hydrogen-bond donors (Lipinski definition) is 2. The Bertz CT molecular complexity index is 706. The van der Waals surface area contributed by atoms with Gasteiger partial charge >= 0.3 is 0 Å². The summed E-state index contributed by atoms with van der Waals surface area (Å²) in [7, 11) is 0. The fourth-order valence-corrected chi connectivity index (χ4v) is 9.57. The first kappa shape index (κ1) is 47.9. The van der Waals surface area contributed by atoms with Crippen LogP contribution < -0.4 is 11.5 Å². The Morgan fingerprint density at radius 2 is 0.667 bits per heavy atom. The molecule has 0 aromatic heterocycles. The number of nitrogens with two attached hydrogens (primary N) is 2. The van der Waals surface area contributed by atoms with E-state index < -0.39 is 0 Å². The topological polar surface area (TPSA) is 52.0 Å². The van der Waals surface area contributed by atoms with Gasteiger partial charge in [0.05, 0.1) is 0 Å². The molecular weight excluding hydrogens is 581 g/mol. The second-order valence-electron chi connectivity index (χ2n) is 22.6. The summed E-state index contributed by atoms with van der Waals surface area (Å²) in [6.07, 6.45) is 21.4. The predicted molar refractivity (Wildman–Crippen MR) is 220 cm³/mol. The number of hydrogen-bond acceptors (Lipinski definition) is 2. The lowest BCUT2D eigenvalue weighted by molar-refractivity contribution is 0.179. The van der Waals surface area contributed by atoms with Crippen LogP contribution in [0.2, 0.25) is 0 Å². The molecule has 0 aliphatic rings. The first-order valence-corrected chi connectivity index (χ1v) is 21.2. The zero-order valence-electron chi connectivity index (χ0n) is 36.5. The zero-order chi connectivity index (χ0) is 37.3. The molecule has 0 aromatic rings. The van der Waals surface area contributed by atoms with Crippen LogP contribution in [0, 0.1) is 69.0 Å². The lowest BCUT2D eigenvalue weighted by Gasteiger charge is -2.33. The monoisotopic (exact) mass is 677 g/mol. The van der Waals surface area contributed by atoms with Crippen molar-refractivity contribution in [3.8, 4) is 0 Å². The molecule has 0 heterocycles. The van der Waals surface area contributed by atoms with E-state index in [2.05, 4.69) is 111 Å². The minimum Gasteiger partial charge on any atom is -0.330 e. The predicted octanol–water partition coefficient (Wildman–Crippen LogP) is 14.3. The maximum Gasteiger partial charge on any atom is -0.00488 e. The molecule has 2 nitrogen and oxygen atoms in total. The summed E-state index contributed by atoms with van der Waals surface area (Å²) in [4.78, 5) is 0. The summed E-state index contributed by atoms with van der Waals surface area (Å²) in [6.45, 7) is 40.6. The highest BCUT2D eigenvalue weighted by Gasteiger charge is 2.28. The largest absolute Gasteiger partial charge is 0.330 e. The van der Waals surface area contributed by atoms with Crippen molar-refractivity contribution < 1.29 is 0 Å². The van der Waals surface area contributed by atoms with Crippen molar-refractivity contribution in [1.82, 2.24) is 0 Å². The van der Waals surface area contributed by atoms with Crippen molar-refractivity contribution in [2.75, 3.05) is 13.1 Å². The second-order valence-corrected chi connectivity index (χ2v) is 22.6. The highest BCUT2D eigenvalue weighted by atomic mass is 14.6. The van der Waals surface area contributed by atoms with Crippen LogP contribution in [0.1, 0.15) is 214 Å². The maximum atomic E-state index is 6.45. The van der Waals surface area contributed by atoms with Gasteiger partial charge in [-0.05, 0) is 146 Å². The van der Waals surface area contributed by atoms with Gasteiger partial charge in [-0.2, -0.15) is 0 Å². The molecule has 8 unspecified atom stereocenters. The van der Waals surface area contributed by atoms with E-state index in [1.807, 2.05) is 0 Å². The van der Waals surface area contributed by atoms with E-state index in [9.17, 15) is 0 Å². The van der Waals surface area contributed by atoms with Gasteiger partial charge < -0.3 is 11.5 Å². The zero-order valence-corrected chi connectivity index (χ0v) is 36.5. The van der Waals surface area contributed by atoms with Gasteiger partial charge in [0.1, 0.15) is 0 Å². The number of rotatable bonds is 25. The van der Waals surface area contributed by atoms with E-state index in [0.717, 1.165) is 48.6 Å².